The molecule has 0 radical (unpaired) electrons. The zero-order valence-corrected chi connectivity index (χ0v) is 12.1. The maximum atomic E-state index is 12.9. The Morgan fingerprint density at radius 1 is 1.27 bits per heavy atom. The minimum absolute atomic E-state index is 0.0213. The van der Waals surface area contributed by atoms with Crippen LogP contribution in [0.2, 0.25) is 0 Å². The van der Waals surface area contributed by atoms with Crippen LogP contribution < -0.4 is 5.32 Å². The van der Waals surface area contributed by atoms with Crippen LogP contribution in [0.15, 0.2) is 4.42 Å². The standard InChI is InChI=1S/C14H18F2N4O2/c15-14(16)7-9(14)11-18-19-12(22-11)17-8-10(21)20-5-3-13(1-2-13)4-6-20/h9H,1-8H2,(H,17,19). The second kappa shape index (κ2) is 4.63. The van der Waals surface area contributed by atoms with Crippen LogP contribution in [0, 0.1) is 5.41 Å². The molecule has 120 valence electrons. The van der Waals surface area contributed by atoms with Crippen molar-refractivity contribution < 1.29 is 18.0 Å². The molecule has 6 nitrogen and oxygen atoms in total. The van der Waals surface area contributed by atoms with Crippen molar-refractivity contribution in [2.45, 2.75) is 43.9 Å². The van der Waals surface area contributed by atoms with E-state index in [1.807, 2.05) is 4.90 Å². The smallest absolute Gasteiger partial charge is 0.315 e. The molecule has 2 heterocycles. The third kappa shape index (κ3) is 2.55. The summed E-state index contributed by atoms with van der Waals surface area (Å²) in [5, 5.41) is 10.0. The minimum atomic E-state index is -2.73. The fraction of sp³-hybridized carbons (Fsp3) is 0.786. The molecule has 1 amide bonds. The minimum Gasteiger partial charge on any atom is -0.408 e. The molecule has 3 fully saturated rings. The normalized spacial score (nSPS) is 27.7. The predicted octanol–water partition coefficient (Wildman–Crippen LogP) is 2.01. The van der Waals surface area contributed by atoms with Gasteiger partial charge in [-0.15, -0.1) is 5.10 Å². The lowest BCUT2D eigenvalue weighted by molar-refractivity contribution is -0.130. The molecule has 4 rings (SSSR count). The zero-order valence-electron chi connectivity index (χ0n) is 12.1. The molecule has 1 unspecified atom stereocenters. The van der Waals surface area contributed by atoms with Crippen molar-refractivity contribution in [3.05, 3.63) is 5.89 Å². The molecule has 1 saturated heterocycles. The number of aromatic nitrogens is 2. The summed E-state index contributed by atoms with van der Waals surface area (Å²) in [4.78, 5) is 13.9. The lowest BCUT2D eigenvalue weighted by Crippen LogP contribution is -2.41. The third-order valence-electron chi connectivity index (χ3n) is 5.09. The number of anilines is 1. The summed E-state index contributed by atoms with van der Waals surface area (Å²) in [6, 6.07) is 0.0294. The first kappa shape index (κ1) is 13.9. The van der Waals surface area contributed by atoms with Crippen molar-refractivity contribution in [1.82, 2.24) is 15.1 Å². The number of nitrogens with one attached hydrogen (secondary N) is 1. The first-order chi connectivity index (χ1) is 10.5. The molecule has 1 aromatic heterocycles. The summed E-state index contributed by atoms with van der Waals surface area (Å²) < 4.78 is 31.0. The summed E-state index contributed by atoms with van der Waals surface area (Å²) in [7, 11) is 0. The molecular weight excluding hydrogens is 294 g/mol. The van der Waals surface area contributed by atoms with Crippen LogP contribution in [0.25, 0.3) is 0 Å². The van der Waals surface area contributed by atoms with Gasteiger partial charge in [-0.2, -0.15) is 0 Å². The number of piperidine rings is 1. The van der Waals surface area contributed by atoms with Gasteiger partial charge in [0.05, 0.1) is 6.54 Å². The summed E-state index contributed by atoms with van der Waals surface area (Å²) in [6.07, 6.45) is 4.51. The highest BCUT2D eigenvalue weighted by atomic mass is 19.3. The molecular formula is C14H18F2N4O2. The molecule has 1 N–H and O–H groups in total. The fourth-order valence-electron chi connectivity index (χ4n) is 3.10. The summed E-state index contributed by atoms with van der Waals surface area (Å²) >= 11 is 0. The monoisotopic (exact) mass is 312 g/mol. The Hall–Kier alpha value is -1.73. The molecule has 1 aliphatic heterocycles. The quantitative estimate of drug-likeness (QED) is 0.921. The molecule has 1 aromatic rings. The van der Waals surface area contributed by atoms with E-state index in [1.165, 1.54) is 12.8 Å². The van der Waals surface area contributed by atoms with Crippen molar-refractivity contribution in [1.29, 1.82) is 0 Å². The highest BCUT2D eigenvalue weighted by molar-refractivity contribution is 5.80. The van der Waals surface area contributed by atoms with Gasteiger partial charge in [0.25, 0.3) is 5.92 Å². The Morgan fingerprint density at radius 3 is 2.55 bits per heavy atom. The van der Waals surface area contributed by atoms with E-state index in [0.717, 1.165) is 25.9 Å². The zero-order chi connectivity index (χ0) is 15.4. The maximum absolute atomic E-state index is 12.9. The SMILES string of the molecule is O=C(CNc1nnc(C2CC2(F)F)o1)N1CCC2(CC1)CC2. The van der Waals surface area contributed by atoms with Gasteiger partial charge >= 0.3 is 6.01 Å². The van der Waals surface area contributed by atoms with Gasteiger partial charge in [-0.05, 0) is 31.1 Å². The van der Waals surface area contributed by atoms with E-state index >= 15 is 0 Å². The molecule has 2 aliphatic carbocycles. The van der Waals surface area contributed by atoms with E-state index in [4.69, 9.17) is 4.42 Å². The first-order valence-corrected chi connectivity index (χ1v) is 7.70. The average molecular weight is 312 g/mol. The van der Waals surface area contributed by atoms with E-state index in [1.54, 1.807) is 0 Å². The summed E-state index contributed by atoms with van der Waals surface area (Å²) in [5.74, 6) is -3.78. The van der Waals surface area contributed by atoms with Crippen molar-refractivity contribution in [2.24, 2.45) is 5.41 Å². The van der Waals surface area contributed by atoms with Crippen molar-refractivity contribution in [3.63, 3.8) is 0 Å². The van der Waals surface area contributed by atoms with Crippen molar-refractivity contribution >= 4 is 11.9 Å². The van der Waals surface area contributed by atoms with Crippen LogP contribution in [0.5, 0.6) is 0 Å². The lowest BCUT2D eigenvalue weighted by Gasteiger charge is -2.32. The molecule has 8 heteroatoms. The predicted molar refractivity (Wildman–Crippen MR) is 72.6 cm³/mol. The van der Waals surface area contributed by atoms with E-state index in [-0.39, 0.29) is 30.8 Å². The van der Waals surface area contributed by atoms with Crippen LogP contribution in [0.4, 0.5) is 14.8 Å². The molecule has 1 spiro atoms. The number of amides is 1. The highest BCUT2D eigenvalue weighted by Gasteiger charge is 2.61. The molecule has 1 atom stereocenters. The van der Waals surface area contributed by atoms with Crippen molar-refractivity contribution in [2.75, 3.05) is 25.0 Å². The number of hydrogen-bond donors (Lipinski definition) is 1. The van der Waals surface area contributed by atoms with Gasteiger partial charge in [0, 0.05) is 19.5 Å². The largest absolute Gasteiger partial charge is 0.408 e. The van der Waals surface area contributed by atoms with Crippen LogP contribution in [-0.2, 0) is 4.79 Å². The first-order valence-electron chi connectivity index (χ1n) is 7.70. The number of carbonyl (C=O) groups excluding carboxylic acids is 1. The second-order valence-corrected chi connectivity index (χ2v) is 6.70. The second-order valence-electron chi connectivity index (χ2n) is 6.70. The van der Waals surface area contributed by atoms with Gasteiger partial charge in [-0.25, -0.2) is 8.78 Å². The Balaban J connectivity index is 1.27. The van der Waals surface area contributed by atoms with Crippen LogP contribution in [0.3, 0.4) is 0 Å². The molecule has 0 bridgehead atoms. The summed E-state index contributed by atoms with van der Waals surface area (Å²) in [6.45, 7) is 1.64. The number of carbonyl (C=O) groups is 1. The maximum Gasteiger partial charge on any atom is 0.315 e. The van der Waals surface area contributed by atoms with Gasteiger partial charge in [0.2, 0.25) is 11.8 Å². The Bertz CT molecular complexity index is 589. The van der Waals surface area contributed by atoms with Crippen LogP contribution >= 0.6 is 0 Å². The molecule has 3 aliphatic rings. The van der Waals surface area contributed by atoms with E-state index in [0.29, 0.717) is 5.41 Å². The third-order valence-corrected chi connectivity index (χ3v) is 5.09. The summed E-state index contributed by atoms with van der Waals surface area (Å²) in [5.41, 5.74) is 0.529. The number of rotatable bonds is 4. The van der Waals surface area contributed by atoms with E-state index in [9.17, 15) is 13.6 Å². The number of nitrogens with zero attached hydrogens (tertiary/aromatic N) is 3. The van der Waals surface area contributed by atoms with Gasteiger partial charge in [0.15, 0.2) is 0 Å². The fourth-order valence-corrected chi connectivity index (χ4v) is 3.10. The Kier molecular flexibility index (Phi) is 2.93. The number of alkyl halides is 2. The van der Waals surface area contributed by atoms with Crippen LogP contribution in [-0.4, -0.2) is 46.6 Å². The molecule has 22 heavy (non-hydrogen) atoms. The van der Waals surface area contributed by atoms with E-state index in [2.05, 4.69) is 15.5 Å². The molecule has 2 saturated carbocycles. The Labute approximate surface area is 126 Å². The lowest BCUT2D eigenvalue weighted by atomic mass is 9.94. The van der Waals surface area contributed by atoms with E-state index < -0.39 is 11.8 Å². The Morgan fingerprint density at radius 2 is 1.95 bits per heavy atom. The van der Waals surface area contributed by atoms with Gasteiger partial charge < -0.3 is 14.6 Å². The number of likely N-dealkylation sites (tertiary alicyclic amines) is 1. The van der Waals surface area contributed by atoms with Crippen molar-refractivity contribution in [3.8, 4) is 0 Å². The molecule has 0 aromatic carbocycles. The number of halogens is 2. The number of hydrogen-bond acceptors (Lipinski definition) is 5. The van der Waals surface area contributed by atoms with Gasteiger partial charge in [-0.1, -0.05) is 5.10 Å². The van der Waals surface area contributed by atoms with Crippen LogP contribution in [0.1, 0.15) is 43.9 Å². The average Bonchev–Trinajstić information content (AvgIpc) is 3.32. The highest BCUT2D eigenvalue weighted by Crippen LogP contribution is 2.55. The van der Waals surface area contributed by atoms with Gasteiger partial charge in [-0.3, -0.25) is 4.79 Å². The topological polar surface area (TPSA) is 71.3 Å². The van der Waals surface area contributed by atoms with Gasteiger partial charge in [0.1, 0.15) is 5.92 Å².